The van der Waals surface area contributed by atoms with Crippen LogP contribution in [0, 0.1) is 17.8 Å². The molecule has 2 bridgehead atoms. The first-order valence-corrected chi connectivity index (χ1v) is 8.50. The van der Waals surface area contributed by atoms with Crippen molar-refractivity contribution in [3.63, 3.8) is 0 Å². The van der Waals surface area contributed by atoms with Gasteiger partial charge in [-0.25, -0.2) is 0 Å². The van der Waals surface area contributed by atoms with Gasteiger partial charge >= 0.3 is 12.6 Å². The second-order valence-electron chi connectivity index (χ2n) is 6.72. The first kappa shape index (κ1) is 17.6. The summed E-state index contributed by atoms with van der Waals surface area (Å²) in [6, 6.07) is 5.85. The summed E-state index contributed by atoms with van der Waals surface area (Å²) in [5.41, 5.74) is 0.108. The minimum atomic E-state index is -2.99. The molecule has 1 aromatic carbocycles. The number of nitrogens with one attached hydrogen (secondary N) is 1. The number of benzene rings is 1. The molecule has 2 fully saturated rings. The summed E-state index contributed by atoms with van der Waals surface area (Å²) in [7, 11) is 0. The number of carbonyl (C=O) groups is 2. The number of hydrogen-bond donors (Lipinski definition) is 1. The standard InChI is InChI=1S/C18H21F2NO4/c19-18(20)25-15-4-2-1-3-14(15)21-16(22)10-24-17(23)9-13-8-11-5-6-12(13)7-11/h1-4,11-13,18H,5-10H2,(H,21,22)/t11-,12-,13-/m1/s1. The minimum absolute atomic E-state index is 0.108. The van der Waals surface area contributed by atoms with Crippen molar-refractivity contribution in [1.82, 2.24) is 0 Å². The monoisotopic (exact) mass is 353 g/mol. The lowest BCUT2D eigenvalue weighted by Gasteiger charge is -2.20. The van der Waals surface area contributed by atoms with Crippen LogP contribution in [0.2, 0.25) is 0 Å². The number of ether oxygens (including phenoxy) is 2. The molecule has 0 radical (unpaired) electrons. The van der Waals surface area contributed by atoms with Gasteiger partial charge in [-0.1, -0.05) is 18.6 Å². The van der Waals surface area contributed by atoms with E-state index < -0.39 is 19.1 Å². The van der Waals surface area contributed by atoms with Gasteiger partial charge in [-0.2, -0.15) is 8.78 Å². The fourth-order valence-electron chi connectivity index (χ4n) is 4.00. The zero-order valence-electron chi connectivity index (χ0n) is 13.8. The molecule has 5 nitrogen and oxygen atoms in total. The highest BCUT2D eigenvalue weighted by atomic mass is 19.3. The average Bonchev–Trinajstić information content (AvgIpc) is 3.17. The molecule has 2 aliphatic carbocycles. The van der Waals surface area contributed by atoms with Crippen molar-refractivity contribution in [3.05, 3.63) is 24.3 Å². The normalized spacial score (nSPS) is 24.4. The zero-order valence-corrected chi connectivity index (χ0v) is 13.8. The van der Waals surface area contributed by atoms with E-state index in [4.69, 9.17) is 4.74 Å². The Morgan fingerprint density at radius 1 is 1.20 bits per heavy atom. The number of anilines is 1. The van der Waals surface area contributed by atoms with E-state index in [1.165, 1.54) is 37.5 Å². The van der Waals surface area contributed by atoms with Gasteiger partial charge in [0.15, 0.2) is 6.61 Å². The predicted octanol–water partition coefficient (Wildman–Crippen LogP) is 3.60. The van der Waals surface area contributed by atoms with E-state index in [1.807, 2.05) is 0 Å². The van der Waals surface area contributed by atoms with Gasteiger partial charge in [0.25, 0.3) is 5.91 Å². The van der Waals surface area contributed by atoms with Crippen molar-refractivity contribution in [2.45, 2.75) is 38.7 Å². The van der Waals surface area contributed by atoms with Gasteiger partial charge in [-0.3, -0.25) is 9.59 Å². The maximum atomic E-state index is 12.3. The van der Waals surface area contributed by atoms with Crippen molar-refractivity contribution in [1.29, 1.82) is 0 Å². The van der Waals surface area contributed by atoms with E-state index >= 15 is 0 Å². The molecule has 1 amide bonds. The summed E-state index contributed by atoms with van der Waals surface area (Å²) in [5.74, 6) is 0.618. The highest BCUT2D eigenvalue weighted by molar-refractivity contribution is 5.94. The SMILES string of the molecule is O=C(COC(=O)C[C@H]1C[C@@H]2CC[C@@H]1C2)Nc1ccccc1OC(F)F. The minimum Gasteiger partial charge on any atom is -0.456 e. The number of para-hydroxylation sites is 2. The van der Waals surface area contributed by atoms with E-state index in [1.54, 1.807) is 6.07 Å². The van der Waals surface area contributed by atoms with Gasteiger partial charge in [0, 0.05) is 6.42 Å². The largest absolute Gasteiger partial charge is 0.456 e. The molecular formula is C18H21F2NO4. The first-order chi connectivity index (χ1) is 12.0. The second kappa shape index (κ2) is 7.80. The topological polar surface area (TPSA) is 64.6 Å². The van der Waals surface area contributed by atoms with Gasteiger partial charge in [0.2, 0.25) is 0 Å². The van der Waals surface area contributed by atoms with Crippen LogP contribution in [-0.4, -0.2) is 25.1 Å². The Bertz CT molecular complexity index is 637. The van der Waals surface area contributed by atoms with E-state index in [0.29, 0.717) is 18.3 Å². The molecule has 7 heteroatoms. The Labute approximate surface area is 144 Å². The maximum Gasteiger partial charge on any atom is 0.387 e. The van der Waals surface area contributed by atoms with Gasteiger partial charge in [-0.15, -0.1) is 0 Å². The Morgan fingerprint density at radius 2 is 2.00 bits per heavy atom. The first-order valence-electron chi connectivity index (χ1n) is 8.50. The molecule has 0 saturated heterocycles. The highest BCUT2D eigenvalue weighted by Gasteiger charge is 2.40. The van der Waals surface area contributed by atoms with Crippen LogP contribution in [0.25, 0.3) is 0 Å². The van der Waals surface area contributed by atoms with E-state index in [0.717, 1.165) is 12.3 Å². The van der Waals surface area contributed by atoms with Crippen LogP contribution >= 0.6 is 0 Å². The average molecular weight is 353 g/mol. The number of hydrogen-bond acceptors (Lipinski definition) is 4. The lowest BCUT2D eigenvalue weighted by Crippen LogP contribution is -2.23. The molecule has 3 rings (SSSR count). The van der Waals surface area contributed by atoms with Gasteiger partial charge in [-0.05, 0) is 49.1 Å². The summed E-state index contributed by atoms with van der Waals surface area (Å²) in [6.45, 7) is -3.43. The van der Waals surface area contributed by atoms with Crippen LogP contribution in [0.15, 0.2) is 24.3 Å². The van der Waals surface area contributed by atoms with Crippen molar-refractivity contribution in [2.75, 3.05) is 11.9 Å². The number of esters is 1. The molecule has 0 unspecified atom stereocenters. The Morgan fingerprint density at radius 3 is 2.68 bits per heavy atom. The molecule has 0 aromatic heterocycles. The number of carbonyl (C=O) groups excluding carboxylic acids is 2. The molecule has 0 aliphatic heterocycles. The van der Waals surface area contributed by atoms with Crippen LogP contribution in [0.5, 0.6) is 5.75 Å². The molecule has 1 N–H and O–H groups in total. The summed E-state index contributed by atoms with van der Waals surface area (Å²) < 4.78 is 34.0. The number of amides is 1. The Kier molecular flexibility index (Phi) is 5.50. The van der Waals surface area contributed by atoms with Crippen LogP contribution < -0.4 is 10.1 Å². The third kappa shape index (κ3) is 4.67. The molecule has 2 saturated carbocycles. The smallest absolute Gasteiger partial charge is 0.387 e. The van der Waals surface area contributed by atoms with E-state index in [2.05, 4.69) is 10.1 Å². The zero-order chi connectivity index (χ0) is 17.8. The lowest BCUT2D eigenvalue weighted by molar-refractivity contribution is -0.148. The summed E-state index contributed by atoms with van der Waals surface area (Å²) in [5, 5.41) is 2.42. The number of rotatable bonds is 7. The van der Waals surface area contributed by atoms with Crippen LogP contribution in [0.1, 0.15) is 32.1 Å². The number of alkyl halides is 2. The van der Waals surface area contributed by atoms with Gasteiger partial charge in [0.1, 0.15) is 5.75 Å². The molecule has 136 valence electrons. The summed E-state index contributed by atoms with van der Waals surface area (Å²) >= 11 is 0. The molecular weight excluding hydrogens is 332 g/mol. The molecule has 0 spiro atoms. The third-order valence-electron chi connectivity index (χ3n) is 5.05. The Hall–Kier alpha value is -2.18. The fraction of sp³-hybridized carbons (Fsp3) is 0.556. The van der Waals surface area contributed by atoms with Crippen molar-refractivity contribution < 1.29 is 27.8 Å². The van der Waals surface area contributed by atoms with E-state index in [-0.39, 0.29) is 17.4 Å². The molecule has 2 aliphatic rings. The Balaban J connectivity index is 1.44. The maximum absolute atomic E-state index is 12.3. The van der Waals surface area contributed by atoms with Gasteiger partial charge < -0.3 is 14.8 Å². The predicted molar refractivity (Wildman–Crippen MR) is 86.2 cm³/mol. The highest BCUT2D eigenvalue weighted by Crippen LogP contribution is 2.49. The summed E-state index contributed by atoms with van der Waals surface area (Å²) in [4.78, 5) is 23.8. The van der Waals surface area contributed by atoms with Crippen LogP contribution in [0.3, 0.4) is 0 Å². The van der Waals surface area contributed by atoms with E-state index in [9.17, 15) is 18.4 Å². The van der Waals surface area contributed by atoms with Crippen LogP contribution in [0.4, 0.5) is 14.5 Å². The lowest BCUT2D eigenvalue weighted by atomic mass is 9.86. The van der Waals surface area contributed by atoms with Crippen LogP contribution in [-0.2, 0) is 14.3 Å². The quantitative estimate of drug-likeness (QED) is 0.761. The molecule has 0 heterocycles. The molecule has 3 atom stereocenters. The number of halogens is 2. The van der Waals surface area contributed by atoms with Crippen molar-refractivity contribution in [3.8, 4) is 5.75 Å². The van der Waals surface area contributed by atoms with Crippen molar-refractivity contribution in [2.24, 2.45) is 17.8 Å². The second-order valence-corrected chi connectivity index (χ2v) is 6.72. The third-order valence-corrected chi connectivity index (χ3v) is 5.05. The summed E-state index contributed by atoms with van der Waals surface area (Å²) in [6.07, 6.45) is 5.08. The molecule has 1 aromatic rings. The number of fused-ring (bicyclic) bond motifs is 2. The molecule has 25 heavy (non-hydrogen) atoms. The fourth-order valence-corrected chi connectivity index (χ4v) is 4.00. The van der Waals surface area contributed by atoms with Crippen molar-refractivity contribution >= 4 is 17.6 Å². The van der Waals surface area contributed by atoms with Gasteiger partial charge in [0.05, 0.1) is 5.69 Å².